The Balaban J connectivity index is 1.57. The second kappa shape index (κ2) is 5.20. The van der Waals surface area contributed by atoms with E-state index in [1.54, 1.807) is 0 Å². The molecule has 2 aliphatic heterocycles. The molecule has 2 saturated heterocycles. The van der Waals surface area contributed by atoms with Crippen LogP contribution in [0, 0.1) is 34.5 Å². The van der Waals surface area contributed by atoms with Crippen LogP contribution in [0.25, 0.3) is 0 Å². The minimum atomic E-state index is -0.616. The summed E-state index contributed by atoms with van der Waals surface area (Å²) in [5.74, 6) is 0.575. The van der Waals surface area contributed by atoms with Crippen LogP contribution in [0.3, 0.4) is 0 Å². The van der Waals surface area contributed by atoms with E-state index in [2.05, 4.69) is 35.9 Å². The number of nitriles is 1. The van der Waals surface area contributed by atoms with Crippen LogP contribution in [0.5, 0.6) is 0 Å². The number of amides is 2. The van der Waals surface area contributed by atoms with Gasteiger partial charge in [0.1, 0.15) is 6.04 Å². The molecule has 0 spiro atoms. The van der Waals surface area contributed by atoms with Gasteiger partial charge in [0.15, 0.2) is 0 Å². The third-order valence-electron chi connectivity index (χ3n) is 5.92. The Labute approximate surface area is 137 Å². The lowest BCUT2D eigenvalue weighted by atomic mass is 9.92. The van der Waals surface area contributed by atoms with Gasteiger partial charge in [0, 0.05) is 11.5 Å². The molecule has 0 aromatic heterocycles. The number of carbonyl (C=O) groups excluding carboxylic acids is 2. The molecule has 0 aromatic rings. The van der Waals surface area contributed by atoms with Crippen molar-refractivity contribution in [2.24, 2.45) is 23.2 Å². The molecule has 2 heterocycles. The number of piperidine rings is 1. The largest absolute Gasteiger partial charge is 0.351 e. The summed E-state index contributed by atoms with van der Waals surface area (Å²) < 4.78 is 0. The lowest BCUT2D eigenvalue weighted by Gasteiger charge is -2.21. The number of nitrogens with zero attached hydrogens (tertiary/aromatic N) is 1. The molecule has 3 rings (SSSR count). The summed E-state index contributed by atoms with van der Waals surface area (Å²) in [6, 6.07) is 1.32. The van der Waals surface area contributed by atoms with Gasteiger partial charge in [-0.15, -0.1) is 0 Å². The van der Waals surface area contributed by atoms with Crippen molar-refractivity contribution < 1.29 is 9.59 Å². The third kappa shape index (κ3) is 2.83. The van der Waals surface area contributed by atoms with Crippen molar-refractivity contribution in [3.05, 3.63) is 0 Å². The van der Waals surface area contributed by atoms with Crippen molar-refractivity contribution in [1.29, 1.82) is 5.26 Å². The van der Waals surface area contributed by atoms with Crippen molar-refractivity contribution in [2.45, 2.75) is 58.2 Å². The number of hydrogen-bond acceptors (Lipinski definition) is 4. The zero-order valence-corrected chi connectivity index (χ0v) is 14.3. The van der Waals surface area contributed by atoms with Gasteiger partial charge in [0.25, 0.3) is 0 Å². The maximum Gasteiger partial charge on any atom is 0.238 e. The SMILES string of the molecule is CC1(C)C[C@@H](C[C@@H](C#N)NC(=O)C2NCC3C2C3(C)C)C(=O)N1. The first-order valence-corrected chi connectivity index (χ1v) is 8.41. The highest BCUT2D eigenvalue weighted by atomic mass is 16.2. The lowest BCUT2D eigenvalue weighted by molar-refractivity contribution is -0.125. The highest BCUT2D eigenvalue weighted by Crippen LogP contribution is 2.62. The van der Waals surface area contributed by atoms with Crippen LogP contribution in [0.1, 0.15) is 40.5 Å². The predicted molar refractivity (Wildman–Crippen MR) is 85.0 cm³/mol. The molecule has 3 aliphatic rings. The van der Waals surface area contributed by atoms with Crippen molar-refractivity contribution in [3.63, 3.8) is 0 Å². The fourth-order valence-corrected chi connectivity index (χ4v) is 4.55. The number of hydrogen-bond donors (Lipinski definition) is 3. The molecule has 0 radical (unpaired) electrons. The second-order valence-corrected chi connectivity index (χ2v) is 8.54. The zero-order chi connectivity index (χ0) is 17.0. The van der Waals surface area contributed by atoms with E-state index in [9.17, 15) is 14.9 Å². The molecule has 3 unspecified atom stereocenters. The molecule has 3 fully saturated rings. The standard InChI is InChI=1S/C17H26N4O2/c1-16(2)6-9(14(22)21-16)5-10(7-18)20-15(23)13-12-11(8-19-13)17(12,3)4/h9-13,19H,5-6,8H2,1-4H3,(H,20,23)(H,21,22)/t9-,10+,11?,12?,13?/m1/s1. The first kappa shape index (κ1) is 16.3. The van der Waals surface area contributed by atoms with Gasteiger partial charge in [0.2, 0.25) is 11.8 Å². The summed E-state index contributed by atoms with van der Waals surface area (Å²) in [4.78, 5) is 24.5. The molecule has 126 valence electrons. The fraction of sp³-hybridized carbons (Fsp3) is 0.824. The molecule has 0 aromatic carbocycles. The van der Waals surface area contributed by atoms with Gasteiger partial charge in [0.05, 0.1) is 12.1 Å². The zero-order valence-electron chi connectivity index (χ0n) is 14.3. The summed E-state index contributed by atoms with van der Waals surface area (Å²) in [6.45, 7) is 9.20. The second-order valence-electron chi connectivity index (χ2n) is 8.54. The molecule has 6 nitrogen and oxygen atoms in total. The van der Waals surface area contributed by atoms with E-state index < -0.39 is 6.04 Å². The minimum absolute atomic E-state index is 0.0214. The number of carbonyl (C=O) groups is 2. The Kier molecular flexibility index (Phi) is 3.68. The van der Waals surface area contributed by atoms with Gasteiger partial charge in [-0.3, -0.25) is 9.59 Å². The molecule has 0 bridgehead atoms. The van der Waals surface area contributed by atoms with Gasteiger partial charge in [-0.05, 0) is 50.5 Å². The normalized spacial score (nSPS) is 37.4. The van der Waals surface area contributed by atoms with Crippen LogP contribution in [-0.4, -0.2) is 36.0 Å². The summed E-state index contributed by atoms with van der Waals surface area (Å²) in [5, 5.41) is 18.4. The van der Waals surface area contributed by atoms with Crippen LogP contribution >= 0.6 is 0 Å². The van der Waals surface area contributed by atoms with E-state index in [4.69, 9.17) is 0 Å². The van der Waals surface area contributed by atoms with Crippen LogP contribution in [-0.2, 0) is 9.59 Å². The van der Waals surface area contributed by atoms with E-state index in [0.29, 0.717) is 24.7 Å². The molecule has 6 heteroatoms. The Morgan fingerprint density at radius 2 is 2.13 bits per heavy atom. The van der Waals surface area contributed by atoms with Gasteiger partial charge in [-0.1, -0.05) is 13.8 Å². The van der Waals surface area contributed by atoms with E-state index in [1.165, 1.54) is 0 Å². The van der Waals surface area contributed by atoms with Crippen LogP contribution in [0.2, 0.25) is 0 Å². The molecular weight excluding hydrogens is 292 g/mol. The Morgan fingerprint density at radius 1 is 1.43 bits per heavy atom. The lowest BCUT2D eigenvalue weighted by Crippen LogP contribution is -2.48. The van der Waals surface area contributed by atoms with Crippen LogP contribution in [0.15, 0.2) is 0 Å². The molecule has 23 heavy (non-hydrogen) atoms. The smallest absolute Gasteiger partial charge is 0.238 e. The van der Waals surface area contributed by atoms with Crippen molar-refractivity contribution >= 4 is 11.8 Å². The molecule has 2 amide bonds. The van der Waals surface area contributed by atoms with Crippen LogP contribution < -0.4 is 16.0 Å². The Hall–Kier alpha value is -1.61. The summed E-state index contributed by atoms with van der Waals surface area (Å²) in [6.07, 6.45) is 1.07. The summed E-state index contributed by atoms with van der Waals surface area (Å²) in [7, 11) is 0. The van der Waals surface area contributed by atoms with E-state index >= 15 is 0 Å². The average Bonchev–Trinajstić information content (AvgIpc) is 2.82. The third-order valence-corrected chi connectivity index (χ3v) is 5.92. The molecular formula is C17H26N4O2. The average molecular weight is 318 g/mol. The van der Waals surface area contributed by atoms with Gasteiger partial charge < -0.3 is 16.0 Å². The van der Waals surface area contributed by atoms with E-state index in [0.717, 1.165) is 6.54 Å². The maximum absolute atomic E-state index is 12.5. The highest BCUT2D eigenvalue weighted by molar-refractivity contribution is 5.85. The van der Waals surface area contributed by atoms with E-state index in [-0.39, 0.29) is 34.7 Å². The molecule has 3 N–H and O–H groups in total. The predicted octanol–water partition coefficient (Wildman–Crippen LogP) is 0.544. The minimum Gasteiger partial charge on any atom is -0.351 e. The first-order valence-electron chi connectivity index (χ1n) is 8.41. The van der Waals surface area contributed by atoms with Gasteiger partial charge in [-0.2, -0.15) is 5.26 Å². The number of rotatable bonds is 4. The van der Waals surface area contributed by atoms with Gasteiger partial charge in [-0.25, -0.2) is 0 Å². The monoisotopic (exact) mass is 318 g/mol. The quantitative estimate of drug-likeness (QED) is 0.705. The van der Waals surface area contributed by atoms with Crippen molar-refractivity contribution in [2.75, 3.05) is 6.54 Å². The van der Waals surface area contributed by atoms with E-state index in [1.807, 2.05) is 13.8 Å². The summed E-state index contributed by atoms with van der Waals surface area (Å²) >= 11 is 0. The Morgan fingerprint density at radius 3 is 2.61 bits per heavy atom. The molecule has 5 atom stereocenters. The molecule has 1 aliphatic carbocycles. The Bertz CT molecular complexity index is 578. The fourth-order valence-electron chi connectivity index (χ4n) is 4.55. The van der Waals surface area contributed by atoms with Crippen LogP contribution in [0.4, 0.5) is 0 Å². The van der Waals surface area contributed by atoms with Crippen molar-refractivity contribution in [3.8, 4) is 6.07 Å². The van der Waals surface area contributed by atoms with Crippen molar-refractivity contribution in [1.82, 2.24) is 16.0 Å². The number of fused-ring (bicyclic) bond motifs is 1. The topological polar surface area (TPSA) is 94.0 Å². The summed E-state index contributed by atoms with van der Waals surface area (Å²) in [5.41, 5.74) is -0.0191. The van der Waals surface area contributed by atoms with Gasteiger partial charge >= 0.3 is 0 Å². The highest BCUT2D eigenvalue weighted by Gasteiger charge is 2.65. The molecule has 1 saturated carbocycles. The maximum atomic E-state index is 12.5. The number of nitrogens with one attached hydrogen (secondary N) is 3. The first-order chi connectivity index (χ1) is 10.7.